The van der Waals surface area contributed by atoms with Crippen molar-refractivity contribution in [3.8, 4) is 0 Å². The molecule has 2 aliphatic rings. The van der Waals surface area contributed by atoms with E-state index in [4.69, 9.17) is 0 Å². The maximum absolute atomic E-state index is 11.8. The van der Waals surface area contributed by atoms with Crippen molar-refractivity contribution in [3.05, 3.63) is 0 Å². The second-order valence-electron chi connectivity index (χ2n) is 5.06. The summed E-state index contributed by atoms with van der Waals surface area (Å²) in [6, 6.07) is 0. The molecular formula is C12H22N2OS. The molecule has 92 valence electrons. The molecule has 0 bridgehead atoms. The van der Waals surface area contributed by atoms with Crippen LogP contribution in [0.5, 0.6) is 0 Å². The van der Waals surface area contributed by atoms with Crippen molar-refractivity contribution in [2.24, 2.45) is 5.41 Å². The molecule has 0 aromatic rings. The van der Waals surface area contributed by atoms with Crippen molar-refractivity contribution >= 4 is 17.7 Å². The van der Waals surface area contributed by atoms with Gasteiger partial charge in [-0.1, -0.05) is 0 Å². The van der Waals surface area contributed by atoms with E-state index >= 15 is 0 Å². The monoisotopic (exact) mass is 242 g/mol. The fourth-order valence-corrected chi connectivity index (χ4v) is 3.33. The van der Waals surface area contributed by atoms with E-state index in [1.807, 2.05) is 6.26 Å². The lowest BCUT2D eigenvalue weighted by Crippen LogP contribution is -2.47. The molecule has 3 nitrogen and oxygen atoms in total. The molecule has 2 heterocycles. The predicted molar refractivity (Wildman–Crippen MR) is 68.7 cm³/mol. The first-order valence-electron chi connectivity index (χ1n) is 6.23. The summed E-state index contributed by atoms with van der Waals surface area (Å²) in [6.07, 6.45) is 7.04. The molecule has 1 amide bonds. The van der Waals surface area contributed by atoms with Crippen LogP contribution in [0.15, 0.2) is 0 Å². The molecule has 4 heteroatoms. The van der Waals surface area contributed by atoms with Crippen LogP contribution in [-0.2, 0) is 4.79 Å². The van der Waals surface area contributed by atoms with E-state index in [0.717, 1.165) is 13.1 Å². The van der Waals surface area contributed by atoms with E-state index in [-0.39, 0.29) is 0 Å². The topological polar surface area (TPSA) is 32.3 Å². The van der Waals surface area contributed by atoms with Gasteiger partial charge in [0.15, 0.2) is 0 Å². The third kappa shape index (κ3) is 2.72. The summed E-state index contributed by atoms with van der Waals surface area (Å²) >= 11 is 1.63. The van der Waals surface area contributed by atoms with Crippen molar-refractivity contribution in [3.63, 3.8) is 0 Å². The van der Waals surface area contributed by atoms with Gasteiger partial charge in [0.2, 0.25) is 5.91 Å². The van der Waals surface area contributed by atoms with Crippen LogP contribution in [0.1, 0.15) is 25.7 Å². The quantitative estimate of drug-likeness (QED) is 0.793. The highest BCUT2D eigenvalue weighted by Gasteiger charge is 2.36. The van der Waals surface area contributed by atoms with Crippen LogP contribution in [-0.4, -0.2) is 49.0 Å². The van der Waals surface area contributed by atoms with Gasteiger partial charge in [0.25, 0.3) is 0 Å². The van der Waals surface area contributed by atoms with Gasteiger partial charge in [-0.05, 0) is 50.4 Å². The molecule has 2 aliphatic heterocycles. The Morgan fingerprint density at radius 2 is 1.88 bits per heavy atom. The van der Waals surface area contributed by atoms with Gasteiger partial charge in [-0.2, -0.15) is 11.8 Å². The van der Waals surface area contributed by atoms with Crippen LogP contribution < -0.4 is 5.32 Å². The third-order valence-corrected chi connectivity index (χ3v) is 4.64. The minimum atomic E-state index is 0.330. The number of hydrogen-bond donors (Lipinski definition) is 1. The Bertz CT molecular complexity index is 241. The predicted octanol–water partition coefficient (Wildman–Crippen LogP) is 1.34. The molecule has 1 N–H and O–H groups in total. The summed E-state index contributed by atoms with van der Waals surface area (Å²) in [7, 11) is 0. The zero-order valence-corrected chi connectivity index (χ0v) is 10.9. The molecular weight excluding hydrogens is 220 g/mol. The summed E-state index contributed by atoms with van der Waals surface area (Å²) in [5.41, 5.74) is 0.557. The maximum Gasteiger partial charge on any atom is 0.232 e. The molecule has 0 aromatic carbocycles. The fourth-order valence-electron chi connectivity index (χ4n) is 2.90. The molecule has 2 fully saturated rings. The Morgan fingerprint density at radius 1 is 1.25 bits per heavy atom. The summed E-state index contributed by atoms with van der Waals surface area (Å²) in [5.74, 6) is 0.977. The van der Waals surface area contributed by atoms with E-state index < -0.39 is 0 Å². The van der Waals surface area contributed by atoms with Crippen molar-refractivity contribution in [2.45, 2.75) is 25.7 Å². The second kappa shape index (κ2) is 5.41. The average molecular weight is 242 g/mol. The normalized spacial score (nSPS) is 24.7. The van der Waals surface area contributed by atoms with E-state index in [1.54, 1.807) is 11.8 Å². The van der Waals surface area contributed by atoms with E-state index in [2.05, 4.69) is 10.2 Å². The molecule has 0 unspecified atom stereocenters. The van der Waals surface area contributed by atoms with Gasteiger partial charge in [0, 0.05) is 13.1 Å². The Hall–Kier alpha value is -0.220. The number of hydrogen-bond acceptors (Lipinski definition) is 3. The van der Waals surface area contributed by atoms with Gasteiger partial charge in [-0.3, -0.25) is 4.79 Å². The summed E-state index contributed by atoms with van der Waals surface area (Å²) in [6.45, 7) is 4.30. The Labute approximate surface area is 102 Å². The van der Waals surface area contributed by atoms with Gasteiger partial charge in [-0.25, -0.2) is 0 Å². The summed E-state index contributed by atoms with van der Waals surface area (Å²) in [4.78, 5) is 13.8. The van der Waals surface area contributed by atoms with Gasteiger partial charge in [-0.15, -0.1) is 0 Å². The number of nitrogens with zero attached hydrogens (tertiary/aromatic N) is 1. The maximum atomic E-state index is 11.8. The largest absolute Gasteiger partial charge is 0.342 e. The Morgan fingerprint density at radius 3 is 2.44 bits per heavy atom. The highest BCUT2D eigenvalue weighted by molar-refractivity contribution is 7.99. The highest BCUT2D eigenvalue weighted by atomic mass is 32.2. The highest BCUT2D eigenvalue weighted by Crippen LogP contribution is 2.39. The average Bonchev–Trinajstić information content (AvgIpc) is 2.31. The van der Waals surface area contributed by atoms with Crippen LogP contribution >= 0.6 is 11.8 Å². The van der Waals surface area contributed by atoms with Gasteiger partial charge in [0.1, 0.15) is 0 Å². The van der Waals surface area contributed by atoms with Gasteiger partial charge >= 0.3 is 0 Å². The second-order valence-corrected chi connectivity index (χ2v) is 5.93. The van der Waals surface area contributed by atoms with Crippen molar-refractivity contribution < 1.29 is 4.79 Å². The Balaban J connectivity index is 1.83. The zero-order valence-electron chi connectivity index (χ0n) is 10.1. The SMILES string of the molecule is CSCC(=O)N1CCC2(CCNCC2)CC1. The zero-order chi connectivity index (χ0) is 11.4. The lowest BCUT2D eigenvalue weighted by atomic mass is 9.71. The summed E-state index contributed by atoms with van der Waals surface area (Å²) < 4.78 is 0. The number of amides is 1. The van der Waals surface area contributed by atoms with Crippen LogP contribution in [0.2, 0.25) is 0 Å². The van der Waals surface area contributed by atoms with E-state index in [9.17, 15) is 4.79 Å². The number of likely N-dealkylation sites (tertiary alicyclic amines) is 1. The number of carbonyl (C=O) groups is 1. The lowest BCUT2D eigenvalue weighted by molar-refractivity contribution is -0.130. The summed E-state index contributed by atoms with van der Waals surface area (Å²) in [5, 5.41) is 3.43. The molecule has 0 atom stereocenters. The molecule has 0 saturated carbocycles. The van der Waals surface area contributed by atoms with Crippen LogP contribution in [0.3, 0.4) is 0 Å². The van der Waals surface area contributed by atoms with Crippen LogP contribution in [0.25, 0.3) is 0 Å². The van der Waals surface area contributed by atoms with Crippen molar-refractivity contribution in [1.29, 1.82) is 0 Å². The van der Waals surface area contributed by atoms with E-state index in [0.29, 0.717) is 17.1 Å². The van der Waals surface area contributed by atoms with Crippen LogP contribution in [0, 0.1) is 5.41 Å². The first-order chi connectivity index (χ1) is 7.76. The molecule has 2 rings (SSSR count). The van der Waals surface area contributed by atoms with Gasteiger partial charge in [0.05, 0.1) is 5.75 Å². The Kier molecular flexibility index (Phi) is 4.14. The number of piperidine rings is 2. The number of thioether (sulfide) groups is 1. The first kappa shape index (κ1) is 12.2. The minimum Gasteiger partial charge on any atom is -0.342 e. The molecule has 0 aliphatic carbocycles. The fraction of sp³-hybridized carbons (Fsp3) is 0.917. The molecule has 0 aromatic heterocycles. The smallest absolute Gasteiger partial charge is 0.232 e. The van der Waals surface area contributed by atoms with E-state index in [1.165, 1.54) is 38.8 Å². The van der Waals surface area contributed by atoms with Gasteiger partial charge < -0.3 is 10.2 Å². The number of carbonyl (C=O) groups excluding carboxylic acids is 1. The number of rotatable bonds is 2. The van der Waals surface area contributed by atoms with Crippen LogP contribution in [0.4, 0.5) is 0 Å². The van der Waals surface area contributed by atoms with Crippen molar-refractivity contribution in [1.82, 2.24) is 10.2 Å². The minimum absolute atomic E-state index is 0.330. The molecule has 16 heavy (non-hydrogen) atoms. The first-order valence-corrected chi connectivity index (χ1v) is 7.63. The standard InChI is InChI=1S/C12H22N2OS/c1-16-10-11(15)14-8-4-12(5-9-14)2-6-13-7-3-12/h13H,2-10H2,1H3. The lowest BCUT2D eigenvalue weighted by Gasteiger charge is -2.44. The van der Waals surface area contributed by atoms with Crippen molar-refractivity contribution in [2.75, 3.05) is 38.2 Å². The molecule has 2 saturated heterocycles. The molecule has 0 radical (unpaired) electrons. The molecule has 1 spiro atoms. The third-order valence-electron chi connectivity index (χ3n) is 4.11. The number of nitrogens with one attached hydrogen (secondary N) is 1.